The van der Waals surface area contributed by atoms with Gasteiger partial charge < -0.3 is 5.32 Å². The molecule has 1 fully saturated rings. The number of likely N-dealkylation sites (tertiary alicyclic amines) is 1. The topological polar surface area (TPSA) is 41.1 Å². The lowest BCUT2D eigenvalue weighted by Gasteiger charge is -2.16. The monoisotopic (exact) mass is 314 g/mol. The number of hydrogen-bond donors (Lipinski definition) is 1. The molecule has 0 spiro atoms. The van der Waals surface area contributed by atoms with Crippen molar-refractivity contribution < 1.29 is 4.39 Å². The van der Waals surface area contributed by atoms with Crippen molar-refractivity contribution in [1.29, 1.82) is 0 Å². The van der Waals surface area contributed by atoms with Gasteiger partial charge in [-0.3, -0.25) is 4.90 Å². The van der Waals surface area contributed by atoms with E-state index in [4.69, 9.17) is 0 Å². The van der Waals surface area contributed by atoms with Crippen molar-refractivity contribution in [2.24, 2.45) is 0 Å². The van der Waals surface area contributed by atoms with E-state index in [-0.39, 0.29) is 11.7 Å². The number of halogens is 1. The van der Waals surface area contributed by atoms with Crippen molar-refractivity contribution in [3.8, 4) is 0 Å². The van der Waals surface area contributed by atoms with Crippen LogP contribution in [0.1, 0.15) is 36.8 Å². The van der Waals surface area contributed by atoms with Crippen LogP contribution in [-0.2, 0) is 6.54 Å². The summed E-state index contributed by atoms with van der Waals surface area (Å²) < 4.78 is 13.9. The van der Waals surface area contributed by atoms with E-state index in [1.165, 1.54) is 0 Å². The third kappa shape index (κ3) is 4.05. The highest BCUT2D eigenvalue weighted by molar-refractivity contribution is 5.25. The molecule has 2 aromatic rings. The summed E-state index contributed by atoms with van der Waals surface area (Å²) in [5.41, 5.74) is 1.94. The zero-order valence-electron chi connectivity index (χ0n) is 13.5. The maximum absolute atomic E-state index is 13.9. The molecule has 5 heteroatoms. The number of nitrogens with one attached hydrogen (secondary N) is 1. The van der Waals surface area contributed by atoms with Gasteiger partial charge in [0.25, 0.3) is 0 Å². The number of rotatable bonds is 6. The van der Waals surface area contributed by atoms with Crippen LogP contribution in [0.2, 0.25) is 0 Å². The standard InChI is InChI=1S/C18H23FN4/c1-2-8-20-18-21-10-14(11-22-18)12-23-9-7-15(13-23)16-5-3-4-6-17(16)19/h3-6,10-11,15H,2,7-9,12-13H2,1H3,(H,20,21,22). The van der Waals surface area contributed by atoms with Crippen molar-refractivity contribution >= 4 is 5.95 Å². The van der Waals surface area contributed by atoms with Crippen molar-refractivity contribution in [3.05, 3.63) is 53.6 Å². The molecule has 3 rings (SSSR count). The Morgan fingerprint density at radius 3 is 2.78 bits per heavy atom. The van der Waals surface area contributed by atoms with E-state index in [2.05, 4.69) is 27.1 Å². The fourth-order valence-electron chi connectivity index (χ4n) is 3.06. The van der Waals surface area contributed by atoms with Gasteiger partial charge in [-0.25, -0.2) is 14.4 Å². The zero-order valence-corrected chi connectivity index (χ0v) is 13.5. The smallest absolute Gasteiger partial charge is 0.222 e. The third-order valence-electron chi connectivity index (χ3n) is 4.26. The zero-order chi connectivity index (χ0) is 16.1. The molecule has 23 heavy (non-hydrogen) atoms. The fourth-order valence-corrected chi connectivity index (χ4v) is 3.06. The summed E-state index contributed by atoms with van der Waals surface area (Å²) in [6.07, 6.45) is 5.80. The summed E-state index contributed by atoms with van der Waals surface area (Å²) in [7, 11) is 0. The van der Waals surface area contributed by atoms with Gasteiger partial charge in [-0.15, -0.1) is 0 Å². The van der Waals surface area contributed by atoms with Crippen molar-refractivity contribution in [2.45, 2.75) is 32.2 Å². The first-order valence-corrected chi connectivity index (χ1v) is 8.28. The molecule has 0 bridgehead atoms. The van der Waals surface area contributed by atoms with Crippen LogP contribution < -0.4 is 5.32 Å². The molecular formula is C18H23FN4. The molecular weight excluding hydrogens is 291 g/mol. The number of aromatic nitrogens is 2. The molecule has 1 aliphatic rings. The molecule has 122 valence electrons. The van der Waals surface area contributed by atoms with Gasteiger partial charge >= 0.3 is 0 Å². The Hall–Kier alpha value is -2.01. The second kappa shape index (κ2) is 7.51. The van der Waals surface area contributed by atoms with Crippen LogP contribution in [0.4, 0.5) is 10.3 Å². The van der Waals surface area contributed by atoms with Crippen LogP contribution in [0.25, 0.3) is 0 Å². The van der Waals surface area contributed by atoms with E-state index in [0.717, 1.165) is 50.1 Å². The van der Waals surface area contributed by atoms with Crippen LogP contribution in [0.15, 0.2) is 36.7 Å². The summed E-state index contributed by atoms with van der Waals surface area (Å²) in [6.45, 7) is 5.68. The highest BCUT2D eigenvalue weighted by Crippen LogP contribution is 2.29. The number of anilines is 1. The summed E-state index contributed by atoms with van der Waals surface area (Å²) in [4.78, 5) is 11.0. The quantitative estimate of drug-likeness (QED) is 0.887. The minimum atomic E-state index is -0.0889. The van der Waals surface area contributed by atoms with E-state index < -0.39 is 0 Å². The van der Waals surface area contributed by atoms with Gasteiger partial charge in [-0.05, 0) is 31.0 Å². The van der Waals surface area contributed by atoms with Crippen molar-refractivity contribution in [3.63, 3.8) is 0 Å². The normalized spacial score (nSPS) is 18.3. The van der Waals surface area contributed by atoms with Crippen LogP contribution >= 0.6 is 0 Å². The molecule has 1 unspecified atom stereocenters. The Morgan fingerprint density at radius 2 is 2.04 bits per heavy atom. The summed E-state index contributed by atoms with van der Waals surface area (Å²) in [5, 5.41) is 3.17. The van der Waals surface area contributed by atoms with Crippen LogP contribution in [0, 0.1) is 5.82 Å². The number of nitrogens with zero attached hydrogens (tertiary/aromatic N) is 3. The Bertz CT molecular complexity index is 629. The first-order chi connectivity index (χ1) is 11.3. The first-order valence-electron chi connectivity index (χ1n) is 8.28. The average Bonchev–Trinajstić information content (AvgIpc) is 3.03. The fraction of sp³-hybridized carbons (Fsp3) is 0.444. The minimum absolute atomic E-state index is 0.0889. The molecule has 1 N–H and O–H groups in total. The van der Waals surface area contributed by atoms with Crippen molar-refractivity contribution in [2.75, 3.05) is 25.0 Å². The van der Waals surface area contributed by atoms with Gasteiger partial charge in [0.05, 0.1) is 0 Å². The summed E-state index contributed by atoms with van der Waals surface area (Å²) in [6, 6.07) is 7.11. The lowest BCUT2D eigenvalue weighted by atomic mass is 9.98. The van der Waals surface area contributed by atoms with E-state index in [0.29, 0.717) is 5.95 Å². The van der Waals surface area contributed by atoms with E-state index in [1.54, 1.807) is 12.1 Å². The molecule has 0 aliphatic carbocycles. The third-order valence-corrected chi connectivity index (χ3v) is 4.26. The molecule has 0 saturated carbocycles. The van der Waals surface area contributed by atoms with Gasteiger partial charge in [0.2, 0.25) is 5.95 Å². The second-order valence-electron chi connectivity index (χ2n) is 6.08. The molecule has 1 aliphatic heterocycles. The van der Waals surface area contributed by atoms with Gasteiger partial charge in [-0.2, -0.15) is 0 Å². The van der Waals surface area contributed by atoms with E-state index in [9.17, 15) is 4.39 Å². The molecule has 1 saturated heterocycles. The highest BCUT2D eigenvalue weighted by atomic mass is 19.1. The maximum atomic E-state index is 13.9. The molecule has 0 amide bonds. The van der Waals surface area contributed by atoms with E-state index in [1.807, 2.05) is 24.5 Å². The lowest BCUT2D eigenvalue weighted by molar-refractivity contribution is 0.325. The van der Waals surface area contributed by atoms with Crippen molar-refractivity contribution in [1.82, 2.24) is 14.9 Å². The maximum Gasteiger partial charge on any atom is 0.222 e. The Morgan fingerprint density at radius 1 is 1.26 bits per heavy atom. The molecule has 1 aromatic carbocycles. The predicted octanol–water partition coefficient (Wildman–Crippen LogP) is 3.43. The van der Waals surface area contributed by atoms with Gasteiger partial charge in [0.15, 0.2) is 0 Å². The second-order valence-corrected chi connectivity index (χ2v) is 6.08. The summed E-state index contributed by atoms with van der Waals surface area (Å²) >= 11 is 0. The summed E-state index contributed by atoms with van der Waals surface area (Å²) in [5.74, 6) is 0.873. The predicted molar refractivity (Wildman–Crippen MR) is 89.8 cm³/mol. The van der Waals surface area contributed by atoms with Crippen LogP contribution in [0.3, 0.4) is 0 Å². The number of benzene rings is 1. The largest absolute Gasteiger partial charge is 0.354 e. The minimum Gasteiger partial charge on any atom is -0.354 e. The van der Waals surface area contributed by atoms with Gasteiger partial charge in [0.1, 0.15) is 5.82 Å². The highest BCUT2D eigenvalue weighted by Gasteiger charge is 2.25. The lowest BCUT2D eigenvalue weighted by Crippen LogP contribution is -2.20. The van der Waals surface area contributed by atoms with Crippen LogP contribution in [0.5, 0.6) is 0 Å². The molecule has 2 heterocycles. The number of hydrogen-bond acceptors (Lipinski definition) is 4. The van der Waals surface area contributed by atoms with Gasteiger partial charge in [-0.1, -0.05) is 25.1 Å². The molecule has 1 aromatic heterocycles. The molecule has 0 radical (unpaired) electrons. The SMILES string of the molecule is CCCNc1ncc(CN2CCC(c3ccccc3F)C2)cn1. The van der Waals surface area contributed by atoms with E-state index >= 15 is 0 Å². The Kier molecular flexibility index (Phi) is 5.18. The van der Waals surface area contributed by atoms with Gasteiger partial charge in [0, 0.05) is 43.5 Å². The molecule has 1 atom stereocenters. The van der Waals surface area contributed by atoms with Crippen LogP contribution in [-0.4, -0.2) is 34.5 Å². The molecule has 4 nitrogen and oxygen atoms in total. The Labute approximate surface area is 136 Å². The Balaban J connectivity index is 1.56. The first kappa shape index (κ1) is 15.9. The average molecular weight is 314 g/mol.